The number of hydrogen-bond donors (Lipinski definition) is 1. The lowest BCUT2D eigenvalue weighted by molar-refractivity contribution is -0.123. The minimum Gasteiger partial charge on any atom is -0.496 e. The van der Waals surface area contributed by atoms with Crippen molar-refractivity contribution in [2.45, 2.75) is 0 Å². The van der Waals surface area contributed by atoms with Gasteiger partial charge in [0.05, 0.1) is 13.3 Å². The Morgan fingerprint density at radius 2 is 1.69 bits per heavy atom. The maximum Gasteiger partial charge on any atom is 0.277 e. The molecule has 4 rings (SSSR count). The normalized spacial score (nSPS) is 11.1. The molecule has 1 N–H and O–H groups in total. The van der Waals surface area contributed by atoms with Gasteiger partial charge >= 0.3 is 0 Å². The fourth-order valence-electron chi connectivity index (χ4n) is 3.20. The molecule has 0 unspecified atom stereocenters. The quantitative estimate of drug-likeness (QED) is 0.392. The van der Waals surface area contributed by atoms with Crippen LogP contribution in [0, 0.1) is 0 Å². The Balaban J connectivity index is 1.39. The SMILES string of the molecule is COc1ccc(/C=N\NC(=O)COc2ccc3ccccc3c2)c2ccccc12. The summed E-state index contributed by atoms with van der Waals surface area (Å²) in [5, 5.41) is 8.24. The molecule has 0 saturated heterocycles. The first-order valence-electron chi connectivity index (χ1n) is 9.24. The Labute approximate surface area is 168 Å². The Morgan fingerprint density at radius 1 is 0.931 bits per heavy atom. The molecule has 0 heterocycles. The molecule has 29 heavy (non-hydrogen) atoms. The molecule has 4 aromatic rings. The van der Waals surface area contributed by atoms with Crippen molar-refractivity contribution >= 4 is 33.7 Å². The van der Waals surface area contributed by atoms with Gasteiger partial charge in [-0.3, -0.25) is 4.79 Å². The van der Waals surface area contributed by atoms with E-state index >= 15 is 0 Å². The van der Waals surface area contributed by atoms with Crippen molar-refractivity contribution in [1.82, 2.24) is 5.43 Å². The molecule has 4 aromatic carbocycles. The largest absolute Gasteiger partial charge is 0.496 e. The number of carbonyl (C=O) groups is 1. The van der Waals surface area contributed by atoms with Gasteiger partial charge in [0.15, 0.2) is 6.61 Å². The number of rotatable bonds is 6. The second-order valence-corrected chi connectivity index (χ2v) is 6.49. The first-order chi connectivity index (χ1) is 14.2. The highest BCUT2D eigenvalue weighted by Gasteiger charge is 2.05. The highest BCUT2D eigenvalue weighted by Crippen LogP contribution is 2.27. The summed E-state index contributed by atoms with van der Waals surface area (Å²) in [4.78, 5) is 12.1. The van der Waals surface area contributed by atoms with Gasteiger partial charge in [-0.25, -0.2) is 5.43 Å². The van der Waals surface area contributed by atoms with Crippen LogP contribution in [-0.4, -0.2) is 25.8 Å². The maximum absolute atomic E-state index is 12.1. The monoisotopic (exact) mass is 384 g/mol. The van der Waals surface area contributed by atoms with E-state index in [2.05, 4.69) is 10.5 Å². The third-order valence-corrected chi connectivity index (χ3v) is 4.62. The van der Waals surface area contributed by atoms with E-state index in [1.807, 2.05) is 78.9 Å². The van der Waals surface area contributed by atoms with Crippen LogP contribution in [-0.2, 0) is 4.79 Å². The van der Waals surface area contributed by atoms with Crippen molar-refractivity contribution in [3.05, 3.63) is 84.4 Å². The lowest BCUT2D eigenvalue weighted by atomic mass is 10.0. The minimum absolute atomic E-state index is 0.112. The van der Waals surface area contributed by atoms with Gasteiger partial charge in [0.25, 0.3) is 5.91 Å². The van der Waals surface area contributed by atoms with E-state index in [0.717, 1.165) is 32.9 Å². The van der Waals surface area contributed by atoms with Gasteiger partial charge in [0.2, 0.25) is 0 Å². The highest BCUT2D eigenvalue weighted by molar-refractivity contribution is 6.02. The number of carbonyl (C=O) groups excluding carboxylic acids is 1. The third kappa shape index (κ3) is 4.19. The van der Waals surface area contributed by atoms with Crippen LogP contribution in [0.5, 0.6) is 11.5 Å². The van der Waals surface area contributed by atoms with Gasteiger partial charge < -0.3 is 9.47 Å². The molecular formula is C24H20N2O3. The van der Waals surface area contributed by atoms with Gasteiger partial charge in [-0.15, -0.1) is 0 Å². The van der Waals surface area contributed by atoms with Crippen LogP contribution in [0.25, 0.3) is 21.5 Å². The highest BCUT2D eigenvalue weighted by atomic mass is 16.5. The van der Waals surface area contributed by atoms with E-state index in [-0.39, 0.29) is 12.5 Å². The van der Waals surface area contributed by atoms with Crippen molar-refractivity contribution in [3.8, 4) is 11.5 Å². The molecule has 0 spiro atoms. The molecule has 0 saturated carbocycles. The number of fused-ring (bicyclic) bond motifs is 2. The van der Waals surface area contributed by atoms with Crippen molar-refractivity contribution in [2.75, 3.05) is 13.7 Å². The summed E-state index contributed by atoms with van der Waals surface area (Å²) in [6, 6.07) is 25.4. The molecule has 5 heteroatoms. The second kappa shape index (κ2) is 8.44. The van der Waals surface area contributed by atoms with Crippen LogP contribution >= 0.6 is 0 Å². The Bertz CT molecular complexity index is 1200. The zero-order chi connectivity index (χ0) is 20.1. The van der Waals surface area contributed by atoms with E-state index in [4.69, 9.17) is 9.47 Å². The first-order valence-corrected chi connectivity index (χ1v) is 9.24. The summed E-state index contributed by atoms with van der Waals surface area (Å²) in [5.74, 6) is 1.11. The summed E-state index contributed by atoms with van der Waals surface area (Å²) < 4.78 is 11.0. The van der Waals surface area contributed by atoms with Crippen LogP contribution in [0.2, 0.25) is 0 Å². The fraction of sp³-hybridized carbons (Fsp3) is 0.0833. The first kappa shape index (κ1) is 18.5. The number of benzene rings is 4. The van der Waals surface area contributed by atoms with E-state index < -0.39 is 0 Å². The molecule has 0 aliphatic rings. The Morgan fingerprint density at radius 3 is 2.52 bits per heavy atom. The predicted octanol–water partition coefficient (Wildman–Crippen LogP) is 4.53. The van der Waals surface area contributed by atoms with E-state index in [0.29, 0.717) is 5.75 Å². The number of methoxy groups -OCH3 is 1. The molecule has 0 bridgehead atoms. The number of hydrogen-bond acceptors (Lipinski definition) is 4. The molecule has 144 valence electrons. The molecule has 0 atom stereocenters. The average Bonchev–Trinajstić information content (AvgIpc) is 2.77. The van der Waals surface area contributed by atoms with E-state index in [1.54, 1.807) is 13.3 Å². The van der Waals surface area contributed by atoms with Gasteiger partial charge in [0, 0.05) is 10.9 Å². The van der Waals surface area contributed by atoms with Gasteiger partial charge in [0.1, 0.15) is 11.5 Å². The Hall–Kier alpha value is -3.86. The van der Waals surface area contributed by atoms with Crippen LogP contribution < -0.4 is 14.9 Å². The summed E-state index contributed by atoms with van der Waals surface area (Å²) in [7, 11) is 1.64. The molecular weight excluding hydrogens is 364 g/mol. The van der Waals surface area contributed by atoms with E-state index in [9.17, 15) is 4.79 Å². The van der Waals surface area contributed by atoms with Gasteiger partial charge in [-0.05, 0) is 40.4 Å². The van der Waals surface area contributed by atoms with Crippen molar-refractivity contribution in [2.24, 2.45) is 5.10 Å². The summed E-state index contributed by atoms with van der Waals surface area (Å²) >= 11 is 0. The average molecular weight is 384 g/mol. The fourth-order valence-corrected chi connectivity index (χ4v) is 3.20. The van der Waals surface area contributed by atoms with E-state index in [1.165, 1.54) is 0 Å². The van der Waals surface area contributed by atoms with Gasteiger partial charge in [-0.1, -0.05) is 54.6 Å². The van der Waals surface area contributed by atoms with Gasteiger partial charge in [-0.2, -0.15) is 5.10 Å². The molecule has 5 nitrogen and oxygen atoms in total. The maximum atomic E-state index is 12.1. The zero-order valence-corrected chi connectivity index (χ0v) is 16.0. The third-order valence-electron chi connectivity index (χ3n) is 4.62. The summed E-state index contributed by atoms with van der Waals surface area (Å²) in [6.45, 7) is -0.112. The number of nitrogens with one attached hydrogen (secondary N) is 1. The lowest BCUT2D eigenvalue weighted by Crippen LogP contribution is -2.24. The zero-order valence-electron chi connectivity index (χ0n) is 16.0. The molecule has 0 fully saturated rings. The number of hydrazone groups is 1. The predicted molar refractivity (Wildman–Crippen MR) is 116 cm³/mol. The van der Waals surface area contributed by atoms with Crippen LogP contribution in [0.3, 0.4) is 0 Å². The van der Waals surface area contributed by atoms with Crippen molar-refractivity contribution in [1.29, 1.82) is 0 Å². The molecule has 0 aliphatic carbocycles. The van der Waals surface area contributed by atoms with Crippen LogP contribution in [0.1, 0.15) is 5.56 Å². The molecule has 0 aromatic heterocycles. The number of amides is 1. The summed E-state index contributed by atoms with van der Waals surface area (Å²) in [5.41, 5.74) is 3.39. The van der Waals surface area contributed by atoms with Crippen LogP contribution in [0.4, 0.5) is 0 Å². The topological polar surface area (TPSA) is 59.9 Å². The molecule has 0 aliphatic heterocycles. The second-order valence-electron chi connectivity index (χ2n) is 6.49. The Kier molecular flexibility index (Phi) is 5.38. The number of nitrogens with zero attached hydrogens (tertiary/aromatic N) is 1. The summed E-state index contributed by atoms with van der Waals surface area (Å²) in [6.07, 6.45) is 1.62. The standard InChI is InChI=1S/C24H20N2O3/c1-28-23-13-11-19(21-8-4-5-9-22(21)23)15-25-26-24(27)16-29-20-12-10-17-6-2-3-7-18(17)14-20/h2-15H,16H2,1H3,(H,26,27)/b25-15-. The molecule has 1 amide bonds. The molecule has 0 radical (unpaired) electrons. The van der Waals surface area contributed by atoms with Crippen molar-refractivity contribution < 1.29 is 14.3 Å². The minimum atomic E-state index is -0.327. The van der Waals surface area contributed by atoms with Crippen LogP contribution in [0.15, 0.2) is 84.0 Å². The lowest BCUT2D eigenvalue weighted by Gasteiger charge is -2.08. The smallest absolute Gasteiger partial charge is 0.277 e. The number of ether oxygens (including phenoxy) is 2. The van der Waals surface area contributed by atoms with Crippen molar-refractivity contribution in [3.63, 3.8) is 0 Å².